The molecule has 0 heterocycles. The van der Waals surface area contributed by atoms with Gasteiger partial charge in [0.05, 0.1) is 39.0 Å². The Labute approximate surface area is 124 Å². The molecule has 1 rings (SSSR count). The highest BCUT2D eigenvalue weighted by atomic mass is 19.1. The monoisotopic (exact) mass is 297 g/mol. The maximum absolute atomic E-state index is 13.4. The number of likely N-dealkylation sites (N-methyl/N-ethyl adjacent to an activating group) is 1. The zero-order valence-electron chi connectivity index (χ0n) is 13.1. The second-order valence-corrected chi connectivity index (χ2v) is 5.60. The predicted octanol–water partition coefficient (Wildman–Crippen LogP) is 1.96. The van der Waals surface area contributed by atoms with Gasteiger partial charge in [0.2, 0.25) is 0 Å². The summed E-state index contributed by atoms with van der Waals surface area (Å²) in [5.74, 6) is -1.46. The number of hydrogen-bond acceptors (Lipinski definition) is 3. The summed E-state index contributed by atoms with van der Waals surface area (Å²) < 4.78 is 18.6. The maximum atomic E-state index is 13.4. The minimum absolute atomic E-state index is 0.0187. The van der Waals surface area contributed by atoms with E-state index in [1.165, 1.54) is 13.2 Å². The van der Waals surface area contributed by atoms with Crippen molar-refractivity contribution in [3.63, 3.8) is 0 Å². The highest BCUT2D eigenvalue weighted by molar-refractivity contribution is 6.02. The van der Waals surface area contributed by atoms with E-state index in [1.807, 2.05) is 21.0 Å². The topological polar surface area (TPSA) is 55.4 Å². The summed E-state index contributed by atoms with van der Waals surface area (Å²) in [4.78, 5) is 23.8. The van der Waals surface area contributed by atoms with E-state index in [0.29, 0.717) is 15.7 Å². The molecule has 0 atom stereocenters. The molecule has 6 heteroatoms. The lowest BCUT2D eigenvalue weighted by Gasteiger charge is -2.27. The fraction of sp³-hybridized carbons (Fsp3) is 0.467. The summed E-state index contributed by atoms with van der Waals surface area (Å²) in [5, 5.41) is 2.69. The molecule has 0 unspecified atom stereocenters. The lowest BCUT2D eigenvalue weighted by Crippen LogP contribution is -2.45. The Morgan fingerprint density at radius 3 is 2.48 bits per heavy atom. The quantitative estimate of drug-likeness (QED) is 0.667. The van der Waals surface area contributed by atoms with E-state index in [-0.39, 0.29) is 18.0 Å². The fourth-order valence-corrected chi connectivity index (χ4v) is 1.86. The van der Waals surface area contributed by atoms with Crippen LogP contribution in [0.2, 0.25) is 0 Å². The van der Waals surface area contributed by atoms with Gasteiger partial charge in [-0.15, -0.1) is 0 Å². The van der Waals surface area contributed by atoms with Gasteiger partial charge < -0.3 is 14.5 Å². The molecule has 21 heavy (non-hydrogen) atoms. The van der Waals surface area contributed by atoms with Gasteiger partial charge in [-0.25, -0.2) is 9.18 Å². The van der Waals surface area contributed by atoms with Crippen LogP contribution in [-0.2, 0) is 9.53 Å². The number of hydrogen-bond donors (Lipinski definition) is 1. The van der Waals surface area contributed by atoms with Crippen LogP contribution >= 0.6 is 0 Å². The average Bonchev–Trinajstić information content (AvgIpc) is 2.40. The summed E-state index contributed by atoms with van der Waals surface area (Å²) in [6, 6.07) is 2.33. The van der Waals surface area contributed by atoms with Crippen molar-refractivity contribution in [3.05, 3.63) is 29.1 Å². The minimum atomic E-state index is -0.683. The molecule has 116 valence electrons. The van der Waals surface area contributed by atoms with Crippen molar-refractivity contribution in [2.45, 2.75) is 13.8 Å². The molecule has 0 aliphatic carbocycles. The number of amides is 1. The van der Waals surface area contributed by atoms with Gasteiger partial charge in [-0.2, -0.15) is 0 Å². The van der Waals surface area contributed by atoms with Crippen LogP contribution in [0.15, 0.2) is 12.1 Å². The van der Waals surface area contributed by atoms with Crippen molar-refractivity contribution in [2.24, 2.45) is 0 Å². The largest absolute Gasteiger partial charge is 0.465 e. The van der Waals surface area contributed by atoms with Crippen molar-refractivity contribution >= 4 is 17.6 Å². The number of methoxy groups -OCH3 is 1. The molecule has 1 aromatic carbocycles. The van der Waals surface area contributed by atoms with Gasteiger partial charge in [0.15, 0.2) is 6.54 Å². The lowest BCUT2D eigenvalue weighted by molar-refractivity contribution is -0.880. The number of benzene rings is 1. The molecule has 0 spiro atoms. The van der Waals surface area contributed by atoms with E-state index < -0.39 is 11.8 Å². The van der Waals surface area contributed by atoms with Gasteiger partial charge in [0.1, 0.15) is 5.82 Å². The minimum Gasteiger partial charge on any atom is -0.465 e. The summed E-state index contributed by atoms with van der Waals surface area (Å²) in [7, 11) is 5.07. The van der Waals surface area contributed by atoms with Gasteiger partial charge >= 0.3 is 5.97 Å². The number of rotatable bonds is 5. The second-order valence-electron chi connectivity index (χ2n) is 5.60. The first-order valence-corrected chi connectivity index (χ1v) is 6.70. The molecule has 0 aliphatic rings. The first kappa shape index (κ1) is 17.1. The van der Waals surface area contributed by atoms with E-state index in [2.05, 4.69) is 10.1 Å². The number of nitrogens with one attached hydrogen (secondary N) is 1. The Kier molecular flexibility index (Phi) is 5.43. The Morgan fingerprint density at radius 2 is 1.95 bits per heavy atom. The Bertz CT molecular complexity index is 556. The standard InChI is InChI=1S/C15H21FN2O3/c1-6-18(3,4)9-13(19)17-14-10(2)7-11(16)8-12(14)15(20)21-5/h7-8H,6,9H2,1-5H3/p+1. The number of esters is 1. The fourth-order valence-electron chi connectivity index (χ4n) is 1.86. The van der Waals surface area contributed by atoms with E-state index in [9.17, 15) is 14.0 Å². The average molecular weight is 297 g/mol. The zero-order valence-corrected chi connectivity index (χ0v) is 13.1. The number of halogens is 1. The third-order valence-electron chi connectivity index (χ3n) is 3.40. The van der Waals surface area contributed by atoms with E-state index >= 15 is 0 Å². The second kappa shape index (κ2) is 6.67. The van der Waals surface area contributed by atoms with Crippen LogP contribution in [0, 0.1) is 12.7 Å². The number of aryl methyl sites for hydroxylation is 1. The Morgan fingerprint density at radius 1 is 1.33 bits per heavy atom. The normalized spacial score (nSPS) is 11.1. The van der Waals surface area contributed by atoms with E-state index in [1.54, 1.807) is 6.92 Å². The third kappa shape index (κ3) is 4.53. The van der Waals surface area contributed by atoms with Crippen LogP contribution in [0.4, 0.5) is 10.1 Å². The van der Waals surface area contributed by atoms with Crippen LogP contribution in [0.5, 0.6) is 0 Å². The SMILES string of the molecule is CC[N+](C)(C)CC(=O)Nc1c(C)cc(F)cc1C(=O)OC. The summed E-state index contributed by atoms with van der Waals surface area (Å²) in [6.07, 6.45) is 0. The van der Waals surface area contributed by atoms with Crippen molar-refractivity contribution in [2.75, 3.05) is 39.6 Å². The summed E-state index contributed by atoms with van der Waals surface area (Å²) in [5.41, 5.74) is 0.792. The molecule has 0 aliphatic heterocycles. The maximum Gasteiger partial charge on any atom is 0.340 e. The molecule has 5 nitrogen and oxygen atoms in total. The number of carbonyl (C=O) groups excluding carboxylic acids is 2. The molecule has 0 radical (unpaired) electrons. The summed E-state index contributed by atoms with van der Waals surface area (Å²) in [6.45, 7) is 4.66. The lowest BCUT2D eigenvalue weighted by atomic mass is 10.1. The van der Waals surface area contributed by atoms with Crippen molar-refractivity contribution in [1.29, 1.82) is 0 Å². The van der Waals surface area contributed by atoms with Crippen LogP contribution in [0.1, 0.15) is 22.8 Å². The van der Waals surface area contributed by atoms with E-state index in [4.69, 9.17) is 0 Å². The Balaban J connectivity index is 3.07. The molecule has 0 saturated carbocycles. The van der Waals surface area contributed by atoms with Gasteiger partial charge in [-0.3, -0.25) is 4.79 Å². The number of nitrogens with zero attached hydrogens (tertiary/aromatic N) is 1. The Hall–Kier alpha value is -1.95. The van der Waals surface area contributed by atoms with Gasteiger partial charge in [0, 0.05) is 0 Å². The summed E-state index contributed by atoms with van der Waals surface area (Å²) >= 11 is 0. The van der Waals surface area contributed by atoms with Gasteiger partial charge in [0.25, 0.3) is 5.91 Å². The van der Waals surface area contributed by atoms with Crippen molar-refractivity contribution in [1.82, 2.24) is 0 Å². The zero-order chi connectivity index (χ0) is 16.2. The molecule has 0 saturated heterocycles. The first-order valence-electron chi connectivity index (χ1n) is 6.70. The van der Waals surface area contributed by atoms with Crippen molar-refractivity contribution < 1.29 is 23.2 Å². The number of quaternary nitrogens is 1. The molecule has 1 amide bonds. The molecular weight excluding hydrogens is 275 g/mol. The number of carbonyl (C=O) groups is 2. The molecule has 0 aromatic heterocycles. The van der Waals surface area contributed by atoms with E-state index in [0.717, 1.165) is 12.6 Å². The van der Waals surface area contributed by atoms with Gasteiger partial charge in [-0.1, -0.05) is 0 Å². The predicted molar refractivity (Wildman–Crippen MR) is 78.6 cm³/mol. The molecule has 1 N–H and O–H groups in total. The highest BCUT2D eigenvalue weighted by Gasteiger charge is 2.22. The molecule has 1 aromatic rings. The van der Waals surface area contributed by atoms with Crippen LogP contribution < -0.4 is 5.32 Å². The number of ether oxygens (including phenoxy) is 1. The van der Waals surface area contributed by atoms with Gasteiger partial charge in [-0.05, 0) is 31.5 Å². The molecule has 0 fully saturated rings. The van der Waals surface area contributed by atoms with Crippen molar-refractivity contribution in [3.8, 4) is 0 Å². The van der Waals surface area contributed by atoms with Crippen LogP contribution in [0.25, 0.3) is 0 Å². The van der Waals surface area contributed by atoms with Crippen LogP contribution in [0.3, 0.4) is 0 Å². The molecule has 0 bridgehead atoms. The highest BCUT2D eigenvalue weighted by Crippen LogP contribution is 2.23. The van der Waals surface area contributed by atoms with Crippen LogP contribution in [-0.4, -0.2) is 50.7 Å². The number of anilines is 1. The molecular formula is C15H22FN2O3+. The third-order valence-corrected chi connectivity index (χ3v) is 3.40. The first-order chi connectivity index (χ1) is 9.70. The smallest absolute Gasteiger partial charge is 0.340 e.